The van der Waals surface area contributed by atoms with Crippen molar-refractivity contribution in [2.24, 2.45) is 0 Å². The van der Waals surface area contributed by atoms with Crippen molar-refractivity contribution in [2.45, 2.75) is 34.2 Å². The van der Waals surface area contributed by atoms with Crippen molar-refractivity contribution in [1.29, 1.82) is 0 Å². The second-order valence-corrected chi connectivity index (χ2v) is 10.2. The van der Waals surface area contributed by atoms with Crippen LogP contribution in [-0.2, 0) is 31.1 Å². The summed E-state index contributed by atoms with van der Waals surface area (Å²) in [6.07, 6.45) is 1.46. The fourth-order valence-corrected chi connectivity index (χ4v) is 5.42. The van der Waals surface area contributed by atoms with Crippen LogP contribution in [0.5, 0.6) is 0 Å². The molecule has 1 fully saturated rings. The molecule has 1 N–H and O–H groups in total. The van der Waals surface area contributed by atoms with Crippen LogP contribution >= 0.6 is 0 Å². The second kappa shape index (κ2) is 8.85. The summed E-state index contributed by atoms with van der Waals surface area (Å²) in [4.78, 5) is -0.844. The molecule has 1 heterocycles. The Morgan fingerprint density at radius 1 is 1.07 bits per heavy atom. The molecule has 3 rings (SSSR count). The molecule has 5 nitrogen and oxygen atoms in total. The number of sulfone groups is 1. The third-order valence-electron chi connectivity index (χ3n) is 4.54. The van der Waals surface area contributed by atoms with Crippen molar-refractivity contribution in [1.82, 2.24) is 0 Å². The van der Waals surface area contributed by atoms with E-state index >= 15 is 0 Å². The molecule has 1 aliphatic rings. The molecular weight excluding hydrogens is 427 g/mol. The van der Waals surface area contributed by atoms with E-state index in [-0.39, 0.29) is 10.9 Å². The summed E-state index contributed by atoms with van der Waals surface area (Å²) in [5.74, 6) is 0.308. The quantitative estimate of drug-likeness (QED) is 0.720. The van der Waals surface area contributed by atoms with Crippen LogP contribution in [-0.4, -0.2) is 36.6 Å². The van der Waals surface area contributed by atoms with Gasteiger partial charge in [-0.1, -0.05) is 24.3 Å². The fourth-order valence-electron chi connectivity index (χ4n) is 3.04. The van der Waals surface area contributed by atoms with E-state index in [4.69, 9.17) is 4.74 Å². The number of halogens is 3. The van der Waals surface area contributed by atoms with Gasteiger partial charge in [-0.3, -0.25) is 4.21 Å². The van der Waals surface area contributed by atoms with E-state index in [1.165, 1.54) is 18.2 Å². The maximum absolute atomic E-state index is 13.0. The van der Waals surface area contributed by atoms with Gasteiger partial charge in [0.05, 0.1) is 10.6 Å². The Kier molecular flexibility index (Phi) is 6.65. The van der Waals surface area contributed by atoms with Crippen molar-refractivity contribution in [3.63, 3.8) is 0 Å². The summed E-state index contributed by atoms with van der Waals surface area (Å²) >= 11 is 0. The molecule has 1 atom stereocenters. The van der Waals surface area contributed by atoms with Crippen LogP contribution < -0.4 is 5.32 Å². The first kappa shape index (κ1) is 21.8. The molecule has 10 heteroatoms. The van der Waals surface area contributed by atoms with Gasteiger partial charge < -0.3 is 10.1 Å². The predicted octanol–water partition coefficient (Wildman–Crippen LogP) is 4.15. The molecule has 0 radical (unpaired) electrons. The maximum atomic E-state index is 13.0. The van der Waals surface area contributed by atoms with Gasteiger partial charge in [0.1, 0.15) is 0 Å². The first-order valence-corrected chi connectivity index (χ1v) is 11.8. The normalized spacial score (nSPS) is 17.1. The van der Waals surface area contributed by atoms with Gasteiger partial charge in [0.25, 0.3) is 9.84 Å². The summed E-state index contributed by atoms with van der Waals surface area (Å²) in [7, 11) is -6.59. The summed E-state index contributed by atoms with van der Waals surface area (Å²) in [6.45, 7) is 1.17. The zero-order valence-corrected chi connectivity index (χ0v) is 16.9. The third kappa shape index (κ3) is 5.18. The summed E-state index contributed by atoms with van der Waals surface area (Å²) < 4.78 is 80.4. The van der Waals surface area contributed by atoms with E-state index < -0.39 is 31.0 Å². The fraction of sp³-hybridized carbons (Fsp3) is 0.368. The largest absolute Gasteiger partial charge is 0.501 e. The van der Waals surface area contributed by atoms with Gasteiger partial charge in [0.2, 0.25) is 0 Å². The standard InChI is InChI=1S/C19H20F3NO4S2/c20-19(21,22)29(25,26)18-7-2-1-6-17(18)23-15-5-3-4-14(12-15)13-28(24)16-8-10-27-11-9-16/h1-7,12,16,23H,8-11,13H2. The number of hydrogen-bond donors (Lipinski definition) is 1. The Balaban J connectivity index is 1.80. The Hall–Kier alpha value is -1.91. The van der Waals surface area contributed by atoms with Crippen LogP contribution in [0.25, 0.3) is 0 Å². The van der Waals surface area contributed by atoms with Gasteiger partial charge in [-0.2, -0.15) is 13.2 Å². The zero-order valence-electron chi connectivity index (χ0n) is 15.3. The van der Waals surface area contributed by atoms with Gasteiger partial charge in [0.15, 0.2) is 0 Å². The van der Waals surface area contributed by atoms with Gasteiger partial charge in [-0.15, -0.1) is 0 Å². The second-order valence-electron chi connectivity index (χ2n) is 6.61. The van der Waals surface area contributed by atoms with Crippen LogP contribution in [0.4, 0.5) is 24.5 Å². The molecule has 1 unspecified atom stereocenters. The number of rotatable bonds is 6. The van der Waals surface area contributed by atoms with Gasteiger partial charge in [-0.25, -0.2) is 8.42 Å². The van der Waals surface area contributed by atoms with Gasteiger partial charge in [-0.05, 0) is 42.7 Å². The van der Waals surface area contributed by atoms with Crippen LogP contribution in [0.3, 0.4) is 0 Å². The lowest BCUT2D eigenvalue weighted by Gasteiger charge is -2.21. The first-order chi connectivity index (χ1) is 13.7. The van der Waals surface area contributed by atoms with Crippen molar-refractivity contribution in [3.8, 4) is 0 Å². The molecule has 0 saturated carbocycles. The number of para-hydroxylation sites is 1. The van der Waals surface area contributed by atoms with Crippen LogP contribution in [0.1, 0.15) is 18.4 Å². The predicted molar refractivity (Wildman–Crippen MR) is 105 cm³/mol. The lowest BCUT2D eigenvalue weighted by molar-refractivity contribution is -0.0435. The number of nitrogens with one attached hydrogen (secondary N) is 1. The minimum Gasteiger partial charge on any atom is -0.381 e. The Morgan fingerprint density at radius 3 is 2.45 bits per heavy atom. The average molecular weight is 448 g/mol. The Labute approximate surface area is 169 Å². The van der Waals surface area contributed by atoms with E-state index in [2.05, 4.69) is 5.32 Å². The molecule has 0 amide bonds. The van der Waals surface area contributed by atoms with Crippen LogP contribution in [0.15, 0.2) is 53.4 Å². The molecule has 0 bridgehead atoms. The van der Waals surface area contributed by atoms with Crippen molar-refractivity contribution in [3.05, 3.63) is 54.1 Å². The lowest BCUT2D eigenvalue weighted by Crippen LogP contribution is -2.25. The molecule has 2 aromatic rings. The number of benzene rings is 2. The van der Waals surface area contributed by atoms with Crippen molar-refractivity contribution in [2.75, 3.05) is 18.5 Å². The zero-order chi connectivity index (χ0) is 21.1. The SMILES string of the molecule is O=S(Cc1cccc(Nc2ccccc2S(=O)(=O)C(F)(F)F)c1)C1CCOCC1. The molecule has 29 heavy (non-hydrogen) atoms. The van der Waals surface area contributed by atoms with Crippen LogP contribution in [0.2, 0.25) is 0 Å². The topological polar surface area (TPSA) is 72.5 Å². The smallest absolute Gasteiger partial charge is 0.381 e. The molecule has 1 saturated heterocycles. The van der Waals surface area contributed by atoms with Gasteiger partial charge in [0, 0.05) is 40.7 Å². The molecule has 1 aliphatic heterocycles. The minimum absolute atomic E-state index is 0.0537. The highest BCUT2D eigenvalue weighted by Gasteiger charge is 2.47. The number of anilines is 2. The van der Waals surface area contributed by atoms with Crippen molar-refractivity contribution >= 4 is 32.0 Å². The highest BCUT2D eigenvalue weighted by molar-refractivity contribution is 7.92. The average Bonchev–Trinajstić information content (AvgIpc) is 2.68. The number of hydrogen-bond acceptors (Lipinski definition) is 5. The molecular formula is C19H20F3NO4S2. The van der Waals surface area contributed by atoms with E-state index in [1.54, 1.807) is 24.3 Å². The molecule has 0 aliphatic carbocycles. The first-order valence-electron chi connectivity index (χ1n) is 8.90. The van der Waals surface area contributed by atoms with E-state index in [1.807, 2.05) is 0 Å². The third-order valence-corrected chi connectivity index (χ3v) is 7.91. The summed E-state index contributed by atoms with van der Waals surface area (Å²) in [5, 5.41) is 2.80. The molecule has 0 spiro atoms. The Morgan fingerprint density at radius 2 is 1.76 bits per heavy atom. The highest BCUT2D eigenvalue weighted by atomic mass is 32.2. The van der Waals surface area contributed by atoms with Crippen molar-refractivity contribution < 1.29 is 30.5 Å². The number of alkyl halides is 3. The molecule has 2 aromatic carbocycles. The van der Waals surface area contributed by atoms with E-state index in [0.717, 1.165) is 24.5 Å². The lowest BCUT2D eigenvalue weighted by atomic mass is 10.2. The van der Waals surface area contributed by atoms with E-state index in [9.17, 15) is 25.8 Å². The van der Waals surface area contributed by atoms with E-state index in [0.29, 0.717) is 24.7 Å². The molecule has 0 aromatic heterocycles. The highest BCUT2D eigenvalue weighted by Crippen LogP contribution is 2.35. The minimum atomic E-state index is -5.49. The maximum Gasteiger partial charge on any atom is 0.501 e. The monoisotopic (exact) mass is 447 g/mol. The molecule has 158 valence electrons. The number of ether oxygens (including phenoxy) is 1. The summed E-state index contributed by atoms with van der Waals surface area (Å²) in [5.41, 5.74) is -4.41. The Bertz CT molecular complexity index is 987. The van der Waals surface area contributed by atoms with Gasteiger partial charge >= 0.3 is 5.51 Å². The summed E-state index contributed by atoms with van der Waals surface area (Å²) in [6, 6.07) is 11.6. The van der Waals surface area contributed by atoms with Crippen LogP contribution in [0, 0.1) is 0 Å².